The molecule has 14 heavy (non-hydrogen) atoms. The summed E-state index contributed by atoms with van der Waals surface area (Å²) in [6.07, 6.45) is 0. The van der Waals surface area contributed by atoms with Crippen LogP contribution in [-0.4, -0.2) is 22.5 Å². The summed E-state index contributed by atoms with van der Waals surface area (Å²) in [5.41, 5.74) is 2.19. The Kier molecular flexibility index (Phi) is 4.98. The smallest absolute Gasteiger partial charge is 0.0505 e. The zero-order valence-electron chi connectivity index (χ0n) is 8.73. The van der Waals surface area contributed by atoms with E-state index in [1.807, 2.05) is 36.9 Å². The lowest BCUT2D eigenvalue weighted by atomic mass is 10.2. The number of aliphatic hydroxyl groups is 1. The molecule has 0 fully saturated rings. The van der Waals surface area contributed by atoms with Gasteiger partial charge in [0.1, 0.15) is 0 Å². The molecule has 78 valence electrons. The van der Waals surface area contributed by atoms with Crippen molar-refractivity contribution in [1.29, 1.82) is 0 Å². The lowest BCUT2D eigenvalue weighted by Gasteiger charge is -2.06. The second-order valence-corrected chi connectivity index (χ2v) is 4.60. The molecule has 0 radical (unpaired) electrons. The van der Waals surface area contributed by atoms with Crippen LogP contribution in [0.3, 0.4) is 0 Å². The van der Waals surface area contributed by atoms with E-state index in [1.165, 1.54) is 0 Å². The second-order valence-electron chi connectivity index (χ2n) is 3.57. The van der Waals surface area contributed by atoms with Crippen LogP contribution in [0.15, 0.2) is 18.2 Å². The van der Waals surface area contributed by atoms with Crippen molar-refractivity contribution in [1.82, 2.24) is 4.98 Å². The average Bonchev–Trinajstić information content (AvgIpc) is 2.17. The quantitative estimate of drug-likeness (QED) is 0.811. The first-order valence-electron chi connectivity index (χ1n) is 4.83. The minimum Gasteiger partial charge on any atom is -0.396 e. The maximum absolute atomic E-state index is 8.85. The van der Waals surface area contributed by atoms with Crippen LogP contribution in [0.1, 0.15) is 18.3 Å². The third-order valence-electron chi connectivity index (χ3n) is 1.91. The summed E-state index contributed by atoms with van der Waals surface area (Å²) in [7, 11) is 0. The molecule has 3 heteroatoms. The van der Waals surface area contributed by atoms with Gasteiger partial charge in [-0.15, -0.1) is 0 Å². The molecular weight excluding hydrogens is 194 g/mol. The molecule has 1 heterocycles. The van der Waals surface area contributed by atoms with Crippen LogP contribution in [0.5, 0.6) is 0 Å². The van der Waals surface area contributed by atoms with Gasteiger partial charge in [-0.25, -0.2) is 0 Å². The monoisotopic (exact) mass is 211 g/mol. The van der Waals surface area contributed by atoms with Gasteiger partial charge in [-0.05, 0) is 30.7 Å². The van der Waals surface area contributed by atoms with Crippen LogP contribution in [0.25, 0.3) is 0 Å². The molecule has 1 aromatic rings. The summed E-state index contributed by atoms with van der Waals surface area (Å²) in [5.74, 6) is 2.31. The van der Waals surface area contributed by atoms with E-state index in [0.29, 0.717) is 5.92 Å². The van der Waals surface area contributed by atoms with Gasteiger partial charge in [0.2, 0.25) is 0 Å². The highest BCUT2D eigenvalue weighted by Gasteiger charge is 2.01. The largest absolute Gasteiger partial charge is 0.396 e. The Bertz CT molecular complexity index is 278. The fourth-order valence-corrected chi connectivity index (χ4v) is 2.09. The minimum absolute atomic E-state index is 0.272. The van der Waals surface area contributed by atoms with Crippen LogP contribution in [0.2, 0.25) is 0 Å². The summed E-state index contributed by atoms with van der Waals surface area (Å²) >= 11 is 1.83. The van der Waals surface area contributed by atoms with Crippen LogP contribution < -0.4 is 0 Å². The van der Waals surface area contributed by atoms with Crippen LogP contribution in [0.4, 0.5) is 0 Å². The number of aliphatic hydroxyl groups excluding tert-OH is 1. The summed E-state index contributed by atoms with van der Waals surface area (Å²) in [4.78, 5) is 4.41. The molecular formula is C11H17NOS. The number of pyridine rings is 1. The number of nitrogens with zero attached hydrogens (tertiary/aromatic N) is 1. The third-order valence-corrected chi connectivity index (χ3v) is 3.21. The number of aromatic nitrogens is 1. The van der Waals surface area contributed by atoms with E-state index in [1.54, 1.807) is 0 Å². The first-order chi connectivity index (χ1) is 6.72. The fraction of sp³-hybridized carbons (Fsp3) is 0.545. The minimum atomic E-state index is 0.272. The number of thioether (sulfide) groups is 1. The van der Waals surface area contributed by atoms with Crippen LogP contribution in [0, 0.1) is 12.8 Å². The highest BCUT2D eigenvalue weighted by Crippen LogP contribution is 2.13. The van der Waals surface area contributed by atoms with E-state index in [9.17, 15) is 0 Å². The summed E-state index contributed by atoms with van der Waals surface area (Å²) in [6.45, 7) is 4.33. The van der Waals surface area contributed by atoms with Gasteiger partial charge in [0.05, 0.1) is 5.69 Å². The maximum Gasteiger partial charge on any atom is 0.0505 e. The van der Waals surface area contributed by atoms with Crippen molar-refractivity contribution >= 4 is 11.8 Å². The highest BCUT2D eigenvalue weighted by molar-refractivity contribution is 7.98. The molecule has 1 aromatic heterocycles. The Morgan fingerprint density at radius 1 is 1.50 bits per heavy atom. The first-order valence-corrected chi connectivity index (χ1v) is 5.99. The molecule has 0 amide bonds. The maximum atomic E-state index is 8.85. The molecule has 0 bridgehead atoms. The van der Waals surface area contributed by atoms with Gasteiger partial charge in [0, 0.05) is 18.1 Å². The summed E-state index contributed by atoms with van der Waals surface area (Å²) < 4.78 is 0. The number of hydrogen-bond donors (Lipinski definition) is 1. The first kappa shape index (κ1) is 11.5. The van der Waals surface area contributed by atoms with Crippen LogP contribution in [-0.2, 0) is 5.75 Å². The Morgan fingerprint density at radius 3 is 2.93 bits per heavy atom. The van der Waals surface area contributed by atoms with Crippen molar-refractivity contribution in [3.63, 3.8) is 0 Å². The van der Waals surface area contributed by atoms with Crippen molar-refractivity contribution in [2.24, 2.45) is 5.92 Å². The molecule has 1 unspecified atom stereocenters. The van der Waals surface area contributed by atoms with Crippen molar-refractivity contribution in [2.45, 2.75) is 19.6 Å². The Labute approximate surface area is 89.8 Å². The molecule has 0 spiro atoms. The lowest BCUT2D eigenvalue weighted by molar-refractivity contribution is 0.250. The van der Waals surface area contributed by atoms with Crippen LogP contribution >= 0.6 is 11.8 Å². The zero-order valence-corrected chi connectivity index (χ0v) is 9.55. The highest BCUT2D eigenvalue weighted by atomic mass is 32.2. The van der Waals surface area contributed by atoms with E-state index in [-0.39, 0.29) is 6.61 Å². The predicted molar refractivity (Wildman–Crippen MR) is 61.4 cm³/mol. The van der Waals surface area contributed by atoms with E-state index >= 15 is 0 Å². The fourth-order valence-electron chi connectivity index (χ4n) is 1.10. The van der Waals surface area contributed by atoms with Gasteiger partial charge >= 0.3 is 0 Å². The molecule has 2 nitrogen and oxygen atoms in total. The summed E-state index contributed by atoms with van der Waals surface area (Å²) in [6, 6.07) is 6.09. The Morgan fingerprint density at radius 2 is 2.29 bits per heavy atom. The lowest BCUT2D eigenvalue weighted by Crippen LogP contribution is -2.03. The van der Waals surface area contributed by atoms with Crippen molar-refractivity contribution in [3.8, 4) is 0 Å². The third kappa shape index (κ3) is 4.11. The molecule has 0 aliphatic rings. The SMILES string of the molecule is Cc1cccc(CSCC(C)CO)n1. The van der Waals surface area contributed by atoms with E-state index in [0.717, 1.165) is 22.9 Å². The standard InChI is InChI=1S/C11H17NOS/c1-9(6-13)7-14-8-11-5-3-4-10(2)12-11/h3-5,9,13H,6-8H2,1-2H3. The molecule has 1 atom stereocenters. The normalized spacial score (nSPS) is 12.8. The van der Waals surface area contributed by atoms with Gasteiger partial charge in [-0.2, -0.15) is 11.8 Å². The Balaban J connectivity index is 2.31. The molecule has 0 saturated carbocycles. The molecule has 0 aromatic carbocycles. The molecule has 1 rings (SSSR count). The van der Waals surface area contributed by atoms with Gasteiger partial charge in [-0.1, -0.05) is 13.0 Å². The number of aryl methyl sites for hydroxylation is 1. The predicted octanol–water partition coefficient (Wildman–Crippen LogP) is 2.25. The van der Waals surface area contributed by atoms with Gasteiger partial charge in [0.25, 0.3) is 0 Å². The molecule has 1 N–H and O–H groups in total. The van der Waals surface area contributed by atoms with Gasteiger partial charge < -0.3 is 5.11 Å². The molecule has 0 aliphatic carbocycles. The Hall–Kier alpha value is -0.540. The number of rotatable bonds is 5. The zero-order chi connectivity index (χ0) is 10.4. The second kappa shape index (κ2) is 6.04. The van der Waals surface area contributed by atoms with E-state index < -0.39 is 0 Å². The summed E-state index contributed by atoms with van der Waals surface area (Å²) in [5, 5.41) is 8.85. The van der Waals surface area contributed by atoms with Crippen molar-refractivity contribution < 1.29 is 5.11 Å². The average molecular weight is 211 g/mol. The molecule has 0 saturated heterocycles. The van der Waals surface area contributed by atoms with Gasteiger partial charge in [0.15, 0.2) is 0 Å². The van der Waals surface area contributed by atoms with E-state index in [4.69, 9.17) is 5.11 Å². The van der Waals surface area contributed by atoms with Crippen molar-refractivity contribution in [2.75, 3.05) is 12.4 Å². The van der Waals surface area contributed by atoms with E-state index in [2.05, 4.69) is 11.9 Å². The van der Waals surface area contributed by atoms with Crippen molar-refractivity contribution in [3.05, 3.63) is 29.6 Å². The molecule has 0 aliphatic heterocycles. The van der Waals surface area contributed by atoms with Gasteiger partial charge in [-0.3, -0.25) is 4.98 Å². The topological polar surface area (TPSA) is 33.1 Å². The number of hydrogen-bond acceptors (Lipinski definition) is 3.